The molecule has 68 valence electrons. The lowest BCUT2D eigenvalue weighted by Gasteiger charge is -2.16. The van der Waals surface area contributed by atoms with Crippen LogP contribution in [0.1, 0.15) is 18.9 Å². The van der Waals surface area contributed by atoms with Crippen molar-refractivity contribution in [3.63, 3.8) is 0 Å². The molecule has 0 amide bonds. The van der Waals surface area contributed by atoms with Crippen LogP contribution in [0.15, 0.2) is 6.33 Å². The molecule has 0 spiro atoms. The third-order valence-corrected chi connectivity index (χ3v) is 1.94. The molecule has 1 rings (SSSR count). The van der Waals surface area contributed by atoms with Crippen LogP contribution in [0.25, 0.3) is 0 Å². The van der Waals surface area contributed by atoms with Crippen LogP contribution < -0.4 is 5.32 Å². The van der Waals surface area contributed by atoms with Gasteiger partial charge < -0.3 is 10.4 Å². The van der Waals surface area contributed by atoms with Gasteiger partial charge in [0.1, 0.15) is 12.4 Å². The Kier molecular flexibility index (Phi) is 2.78. The van der Waals surface area contributed by atoms with Gasteiger partial charge in [-0.05, 0) is 14.0 Å². The SMILES string of the molecule is CN[C@@H](C)C(O)c1ncnn1C. The zero-order chi connectivity index (χ0) is 9.14. The van der Waals surface area contributed by atoms with E-state index in [1.54, 1.807) is 18.8 Å². The summed E-state index contributed by atoms with van der Waals surface area (Å²) in [7, 11) is 3.55. The highest BCUT2D eigenvalue weighted by Gasteiger charge is 2.18. The molecule has 0 aliphatic carbocycles. The second-order valence-electron chi connectivity index (χ2n) is 2.76. The first-order valence-corrected chi connectivity index (χ1v) is 3.86. The number of hydrogen-bond donors (Lipinski definition) is 2. The topological polar surface area (TPSA) is 63.0 Å². The minimum absolute atomic E-state index is 0.0205. The number of nitrogens with zero attached hydrogens (tertiary/aromatic N) is 3. The van der Waals surface area contributed by atoms with Crippen molar-refractivity contribution in [1.29, 1.82) is 0 Å². The number of likely N-dealkylation sites (N-methyl/N-ethyl adjacent to an activating group) is 1. The van der Waals surface area contributed by atoms with Gasteiger partial charge in [-0.2, -0.15) is 5.10 Å². The Hall–Kier alpha value is -0.940. The summed E-state index contributed by atoms with van der Waals surface area (Å²) in [4.78, 5) is 3.95. The molecule has 0 saturated carbocycles. The highest BCUT2D eigenvalue weighted by Crippen LogP contribution is 2.11. The lowest BCUT2D eigenvalue weighted by molar-refractivity contribution is 0.127. The second kappa shape index (κ2) is 3.64. The van der Waals surface area contributed by atoms with E-state index in [2.05, 4.69) is 15.4 Å². The third-order valence-electron chi connectivity index (χ3n) is 1.94. The van der Waals surface area contributed by atoms with E-state index >= 15 is 0 Å². The van der Waals surface area contributed by atoms with Crippen molar-refractivity contribution in [3.8, 4) is 0 Å². The number of aryl methyl sites for hydroxylation is 1. The monoisotopic (exact) mass is 170 g/mol. The average Bonchev–Trinajstić information content (AvgIpc) is 2.48. The summed E-state index contributed by atoms with van der Waals surface area (Å²) >= 11 is 0. The summed E-state index contributed by atoms with van der Waals surface area (Å²) in [5, 5.41) is 16.5. The smallest absolute Gasteiger partial charge is 0.157 e. The van der Waals surface area contributed by atoms with Crippen molar-refractivity contribution in [1.82, 2.24) is 20.1 Å². The first-order valence-electron chi connectivity index (χ1n) is 3.86. The van der Waals surface area contributed by atoms with Gasteiger partial charge >= 0.3 is 0 Å². The minimum atomic E-state index is -0.609. The Morgan fingerprint density at radius 2 is 2.33 bits per heavy atom. The molecule has 0 fully saturated rings. The van der Waals surface area contributed by atoms with Gasteiger partial charge in [-0.1, -0.05) is 0 Å². The summed E-state index contributed by atoms with van der Waals surface area (Å²) in [5.74, 6) is 0.580. The molecule has 1 aromatic heterocycles. The largest absolute Gasteiger partial charge is 0.383 e. The summed E-state index contributed by atoms with van der Waals surface area (Å²) < 4.78 is 1.57. The fraction of sp³-hybridized carbons (Fsp3) is 0.714. The molecule has 12 heavy (non-hydrogen) atoms. The fourth-order valence-corrected chi connectivity index (χ4v) is 0.954. The van der Waals surface area contributed by atoms with Gasteiger partial charge in [0.15, 0.2) is 5.82 Å². The molecule has 0 radical (unpaired) electrons. The van der Waals surface area contributed by atoms with Gasteiger partial charge in [-0.15, -0.1) is 0 Å². The van der Waals surface area contributed by atoms with Crippen molar-refractivity contribution in [2.24, 2.45) is 7.05 Å². The van der Waals surface area contributed by atoms with Gasteiger partial charge in [0.05, 0.1) is 0 Å². The average molecular weight is 170 g/mol. The van der Waals surface area contributed by atoms with Gasteiger partial charge in [0.25, 0.3) is 0 Å². The highest BCUT2D eigenvalue weighted by molar-refractivity contribution is 4.93. The predicted octanol–water partition coefficient (Wildman–Crippen LogP) is -0.544. The maximum Gasteiger partial charge on any atom is 0.157 e. The standard InChI is InChI=1S/C7H14N4O/c1-5(8-2)6(12)7-9-4-10-11(7)3/h4-6,8,12H,1-3H3/t5-,6?/m0/s1. The van der Waals surface area contributed by atoms with Crippen LogP contribution in [0.3, 0.4) is 0 Å². The Morgan fingerprint density at radius 1 is 1.67 bits per heavy atom. The van der Waals surface area contributed by atoms with Crippen LogP contribution in [0.4, 0.5) is 0 Å². The Bertz CT molecular complexity index is 247. The Labute approximate surface area is 71.4 Å². The van der Waals surface area contributed by atoms with E-state index in [1.807, 2.05) is 6.92 Å². The van der Waals surface area contributed by atoms with E-state index in [0.717, 1.165) is 0 Å². The van der Waals surface area contributed by atoms with Crippen molar-refractivity contribution in [3.05, 3.63) is 12.2 Å². The zero-order valence-electron chi connectivity index (χ0n) is 7.52. The second-order valence-corrected chi connectivity index (χ2v) is 2.76. The lowest BCUT2D eigenvalue weighted by Crippen LogP contribution is -2.30. The summed E-state index contributed by atoms with van der Waals surface area (Å²) in [5.41, 5.74) is 0. The first-order chi connectivity index (χ1) is 5.66. The van der Waals surface area contributed by atoms with Crippen LogP contribution in [0.2, 0.25) is 0 Å². The van der Waals surface area contributed by atoms with Crippen LogP contribution in [-0.2, 0) is 7.05 Å². The third kappa shape index (κ3) is 1.62. The summed E-state index contributed by atoms with van der Waals surface area (Å²) in [6.07, 6.45) is 0.823. The normalized spacial score (nSPS) is 16.0. The number of aromatic nitrogens is 3. The molecule has 0 saturated heterocycles. The van der Waals surface area contributed by atoms with Gasteiger partial charge in [0, 0.05) is 13.1 Å². The van der Waals surface area contributed by atoms with Gasteiger partial charge in [-0.25, -0.2) is 4.98 Å². The molecule has 0 bridgehead atoms. The number of rotatable bonds is 3. The molecular weight excluding hydrogens is 156 g/mol. The van der Waals surface area contributed by atoms with Crippen LogP contribution >= 0.6 is 0 Å². The molecule has 5 heteroatoms. The summed E-state index contributed by atoms with van der Waals surface area (Å²) in [6, 6.07) is -0.0205. The van der Waals surface area contributed by atoms with E-state index in [4.69, 9.17) is 0 Å². The molecule has 0 aromatic carbocycles. The number of aliphatic hydroxyl groups is 1. The quantitative estimate of drug-likeness (QED) is 0.639. The van der Waals surface area contributed by atoms with Crippen molar-refractivity contribution < 1.29 is 5.11 Å². The molecule has 2 N–H and O–H groups in total. The van der Waals surface area contributed by atoms with E-state index in [-0.39, 0.29) is 6.04 Å². The molecule has 1 heterocycles. The van der Waals surface area contributed by atoms with Crippen molar-refractivity contribution in [2.45, 2.75) is 19.1 Å². The minimum Gasteiger partial charge on any atom is -0.383 e. The molecular formula is C7H14N4O. The van der Waals surface area contributed by atoms with E-state index in [9.17, 15) is 5.11 Å². The first kappa shape index (κ1) is 9.15. The molecule has 2 atom stereocenters. The van der Waals surface area contributed by atoms with Gasteiger partial charge in [-0.3, -0.25) is 4.68 Å². The molecule has 0 aliphatic rings. The number of nitrogens with one attached hydrogen (secondary N) is 1. The fourth-order valence-electron chi connectivity index (χ4n) is 0.954. The maximum absolute atomic E-state index is 9.67. The van der Waals surface area contributed by atoms with Crippen molar-refractivity contribution >= 4 is 0 Å². The molecule has 5 nitrogen and oxygen atoms in total. The van der Waals surface area contributed by atoms with Crippen LogP contribution in [0.5, 0.6) is 0 Å². The number of aliphatic hydroxyl groups excluding tert-OH is 1. The lowest BCUT2D eigenvalue weighted by atomic mass is 10.2. The van der Waals surface area contributed by atoms with Crippen LogP contribution in [-0.4, -0.2) is 33.0 Å². The zero-order valence-corrected chi connectivity index (χ0v) is 7.52. The Morgan fingerprint density at radius 3 is 2.75 bits per heavy atom. The van der Waals surface area contributed by atoms with E-state index in [0.29, 0.717) is 5.82 Å². The maximum atomic E-state index is 9.67. The predicted molar refractivity (Wildman–Crippen MR) is 44.5 cm³/mol. The molecule has 1 aromatic rings. The molecule has 1 unspecified atom stereocenters. The number of hydrogen-bond acceptors (Lipinski definition) is 4. The van der Waals surface area contributed by atoms with Crippen molar-refractivity contribution in [2.75, 3.05) is 7.05 Å². The highest BCUT2D eigenvalue weighted by atomic mass is 16.3. The van der Waals surface area contributed by atoms with Crippen LogP contribution in [0, 0.1) is 0 Å². The van der Waals surface area contributed by atoms with Gasteiger partial charge in [0.2, 0.25) is 0 Å². The molecule has 0 aliphatic heterocycles. The van der Waals surface area contributed by atoms with E-state index < -0.39 is 6.10 Å². The Balaban J connectivity index is 2.77. The van der Waals surface area contributed by atoms with E-state index in [1.165, 1.54) is 6.33 Å². The summed E-state index contributed by atoms with van der Waals surface area (Å²) in [6.45, 7) is 1.89.